The van der Waals surface area contributed by atoms with Crippen molar-refractivity contribution >= 4 is 11.8 Å². The minimum Gasteiger partial charge on any atom is -0.493 e. The molecule has 2 rings (SSSR count). The fraction of sp³-hybridized carbons (Fsp3) is 0.556. The molecule has 6 heteroatoms. The van der Waals surface area contributed by atoms with Gasteiger partial charge in [0.05, 0.1) is 13.2 Å². The highest BCUT2D eigenvalue weighted by atomic mass is 16.5. The predicted octanol–water partition coefficient (Wildman–Crippen LogP) is 2.16. The molecule has 1 fully saturated rings. The molecule has 1 aromatic carbocycles. The first-order valence-electron chi connectivity index (χ1n) is 8.38. The Morgan fingerprint density at radius 1 is 1.25 bits per heavy atom. The van der Waals surface area contributed by atoms with Crippen LogP contribution in [0.25, 0.3) is 0 Å². The number of carbonyl (C=O) groups is 2. The molecule has 1 atom stereocenters. The molecule has 6 nitrogen and oxygen atoms in total. The Morgan fingerprint density at radius 2 is 1.96 bits per heavy atom. The van der Waals surface area contributed by atoms with Crippen molar-refractivity contribution < 1.29 is 19.1 Å². The zero-order valence-corrected chi connectivity index (χ0v) is 14.6. The van der Waals surface area contributed by atoms with Crippen molar-refractivity contribution in [1.82, 2.24) is 10.6 Å². The molecule has 0 radical (unpaired) electrons. The van der Waals surface area contributed by atoms with Crippen LogP contribution in [0.1, 0.15) is 45.1 Å². The van der Waals surface area contributed by atoms with Crippen molar-refractivity contribution in [3.63, 3.8) is 0 Å². The maximum Gasteiger partial charge on any atom is 0.242 e. The van der Waals surface area contributed by atoms with Crippen LogP contribution in [0, 0.1) is 0 Å². The van der Waals surface area contributed by atoms with Gasteiger partial charge >= 0.3 is 0 Å². The molecule has 0 bridgehead atoms. The molecule has 2 amide bonds. The number of ether oxygens (including phenoxy) is 2. The number of carbonyl (C=O) groups excluding carboxylic acids is 2. The van der Waals surface area contributed by atoms with E-state index in [9.17, 15) is 9.59 Å². The lowest BCUT2D eigenvalue weighted by atomic mass is 10.2. The third-order valence-corrected chi connectivity index (χ3v) is 4.10. The third-order valence-electron chi connectivity index (χ3n) is 4.10. The van der Waals surface area contributed by atoms with Gasteiger partial charge < -0.3 is 20.1 Å². The summed E-state index contributed by atoms with van der Waals surface area (Å²) in [6.07, 6.45) is 4.77. The zero-order valence-electron chi connectivity index (χ0n) is 14.6. The molecule has 0 aromatic heterocycles. The first kappa shape index (κ1) is 18.1. The van der Waals surface area contributed by atoms with Crippen molar-refractivity contribution in [3.05, 3.63) is 23.8 Å². The Kier molecular flexibility index (Phi) is 6.46. The molecule has 1 saturated carbocycles. The van der Waals surface area contributed by atoms with Gasteiger partial charge in [0.25, 0.3) is 0 Å². The Labute approximate surface area is 142 Å². The van der Waals surface area contributed by atoms with Crippen molar-refractivity contribution in [2.45, 2.75) is 58.2 Å². The van der Waals surface area contributed by atoms with Gasteiger partial charge in [0.15, 0.2) is 11.5 Å². The highest BCUT2D eigenvalue weighted by molar-refractivity contribution is 5.86. The molecular weight excluding hydrogens is 308 g/mol. The lowest BCUT2D eigenvalue weighted by molar-refractivity contribution is -0.127. The standard InChI is InChI=1S/C18H26N2O4/c1-12(20-13(2)21)18(22)19-11-14-8-9-16(23-3)17(10-14)24-15-6-4-5-7-15/h8-10,12,15H,4-7,11H2,1-3H3,(H,19,22)(H,20,21)/t12-/m0/s1. The number of benzene rings is 1. The van der Waals surface area contributed by atoms with Crippen LogP contribution in [0.4, 0.5) is 0 Å². The van der Waals surface area contributed by atoms with E-state index in [0.717, 1.165) is 18.4 Å². The van der Waals surface area contributed by atoms with E-state index in [-0.39, 0.29) is 17.9 Å². The molecular formula is C18H26N2O4. The van der Waals surface area contributed by atoms with Gasteiger partial charge in [-0.25, -0.2) is 0 Å². The summed E-state index contributed by atoms with van der Waals surface area (Å²) in [6, 6.07) is 5.09. The summed E-state index contributed by atoms with van der Waals surface area (Å²) < 4.78 is 11.4. The first-order chi connectivity index (χ1) is 11.5. The molecule has 1 aromatic rings. The summed E-state index contributed by atoms with van der Waals surface area (Å²) in [5, 5.41) is 5.37. The second-order valence-electron chi connectivity index (χ2n) is 6.15. The maximum absolute atomic E-state index is 12.0. The molecule has 0 saturated heterocycles. The van der Waals surface area contributed by atoms with Gasteiger partial charge in [-0.15, -0.1) is 0 Å². The quantitative estimate of drug-likeness (QED) is 0.801. The monoisotopic (exact) mass is 334 g/mol. The van der Waals surface area contributed by atoms with Crippen LogP contribution in [-0.2, 0) is 16.1 Å². The van der Waals surface area contributed by atoms with E-state index < -0.39 is 6.04 Å². The molecule has 24 heavy (non-hydrogen) atoms. The first-order valence-corrected chi connectivity index (χ1v) is 8.38. The van der Waals surface area contributed by atoms with E-state index >= 15 is 0 Å². The van der Waals surface area contributed by atoms with Crippen molar-refractivity contribution in [2.24, 2.45) is 0 Å². The van der Waals surface area contributed by atoms with Gasteiger partial charge in [0.2, 0.25) is 11.8 Å². The van der Waals surface area contributed by atoms with Crippen molar-refractivity contribution in [1.29, 1.82) is 0 Å². The van der Waals surface area contributed by atoms with Crippen LogP contribution in [0.3, 0.4) is 0 Å². The molecule has 0 spiro atoms. The average Bonchev–Trinajstić information content (AvgIpc) is 3.05. The fourth-order valence-electron chi connectivity index (χ4n) is 2.82. The van der Waals surface area contributed by atoms with Gasteiger partial charge in [0.1, 0.15) is 6.04 Å². The van der Waals surface area contributed by atoms with Gasteiger partial charge in [-0.05, 0) is 50.3 Å². The van der Waals surface area contributed by atoms with Crippen LogP contribution in [-0.4, -0.2) is 31.1 Å². The van der Waals surface area contributed by atoms with E-state index in [1.165, 1.54) is 19.8 Å². The molecule has 1 aliphatic carbocycles. The number of amides is 2. The van der Waals surface area contributed by atoms with Crippen LogP contribution in [0.5, 0.6) is 11.5 Å². The molecule has 132 valence electrons. The second kappa shape index (κ2) is 8.57. The van der Waals surface area contributed by atoms with Crippen LogP contribution >= 0.6 is 0 Å². The molecule has 2 N–H and O–H groups in total. The highest BCUT2D eigenvalue weighted by Crippen LogP contribution is 2.32. The number of hydrogen-bond acceptors (Lipinski definition) is 4. The lowest BCUT2D eigenvalue weighted by Gasteiger charge is -2.17. The van der Waals surface area contributed by atoms with E-state index in [0.29, 0.717) is 18.0 Å². The number of methoxy groups -OCH3 is 1. The number of hydrogen-bond donors (Lipinski definition) is 2. The van der Waals surface area contributed by atoms with Crippen molar-refractivity contribution in [2.75, 3.05) is 7.11 Å². The number of rotatable bonds is 7. The zero-order chi connectivity index (χ0) is 17.5. The van der Waals surface area contributed by atoms with Crippen LogP contribution in [0.15, 0.2) is 18.2 Å². The Bertz CT molecular complexity index is 582. The van der Waals surface area contributed by atoms with E-state index in [2.05, 4.69) is 10.6 Å². The maximum atomic E-state index is 12.0. The molecule has 0 unspecified atom stereocenters. The minimum atomic E-state index is -0.560. The van der Waals surface area contributed by atoms with Gasteiger partial charge in [0, 0.05) is 13.5 Å². The molecule has 1 aliphatic rings. The van der Waals surface area contributed by atoms with Crippen LogP contribution < -0.4 is 20.1 Å². The van der Waals surface area contributed by atoms with Crippen LogP contribution in [0.2, 0.25) is 0 Å². The topological polar surface area (TPSA) is 76.7 Å². The average molecular weight is 334 g/mol. The summed E-state index contributed by atoms with van der Waals surface area (Å²) in [5.41, 5.74) is 0.923. The summed E-state index contributed by atoms with van der Waals surface area (Å²) in [6.45, 7) is 3.41. The molecule has 0 heterocycles. The van der Waals surface area contributed by atoms with E-state index in [4.69, 9.17) is 9.47 Å². The minimum absolute atomic E-state index is 0.223. The van der Waals surface area contributed by atoms with Gasteiger partial charge in [-0.2, -0.15) is 0 Å². The summed E-state index contributed by atoms with van der Waals surface area (Å²) in [4.78, 5) is 22.9. The predicted molar refractivity (Wildman–Crippen MR) is 91.0 cm³/mol. The third kappa shape index (κ3) is 5.15. The lowest BCUT2D eigenvalue weighted by Crippen LogP contribution is -2.43. The Morgan fingerprint density at radius 3 is 2.58 bits per heavy atom. The highest BCUT2D eigenvalue weighted by Gasteiger charge is 2.19. The van der Waals surface area contributed by atoms with Gasteiger partial charge in [-0.3, -0.25) is 9.59 Å². The summed E-state index contributed by atoms with van der Waals surface area (Å²) >= 11 is 0. The molecule has 0 aliphatic heterocycles. The van der Waals surface area contributed by atoms with E-state index in [1.807, 2.05) is 18.2 Å². The fourth-order valence-corrected chi connectivity index (χ4v) is 2.82. The summed E-state index contributed by atoms with van der Waals surface area (Å²) in [5.74, 6) is 0.961. The second-order valence-corrected chi connectivity index (χ2v) is 6.15. The number of nitrogens with one attached hydrogen (secondary N) is 2. The Hall–Kier alpha value is -2.24. The Balaban J connectivity index is 1.97. The van der Waals surface area contributed by atoms with E-state index in [1.54, 1.807) is 14.0 Å². The normalized spacial score (nSPS) is 15.6. The SMILES string of the molecule is COc1ccc(CNC(=O)[C@H](C)NC(C)=O)cc1OC1CCCC1. The summed E-state index contributed by atoms with van der Waals surface area (Å²) in [7, 11) is 1.62. The largest absolute Gasteiger partial charge is 0.493 e. The van der Waals surface area contributed by atoms with Crippen molar-refractivity contribution in [3.8, 4) is 11.5 Å². The van der Waals surface area contributed by atoms with Gasteiger partial charge in [-0.1, -0.05) is 6.07 Å². The smallest absolute Gasteiger partial charge is 0.242 e.